The molecule has 0 amide bonds. The van der Waals surface area contributed by atoms with E-state index >= 15 is 0 Å². The molecule has 0 atom stereocenters. The molecular weight excluding hydrogens is 882 g/mol. The zero-order chi connectivity index (χ0) is 44.6. The van der Waals surface area contributed by atoms with Gasteiger partial charge in [-0.2, -0.15) is 0 Å². The minimum Gasteiger partial charge on any atom is -0.494 e. The lowest BCUT2D eigenvalue weighted by molar-refractivity contribution is 0.0300. The number of cyclic esters (lactones) is 1. The number of fused-ring (bicyclic) bond motifs is 1. The molecule has 6 nitrogen and oxygen atoms in total. The molecule has 8 rings (SSSR count). The van der Waals surface area contributed by atoms with E-state index in [1.165, 1.54) is 49.9 Å². The quantitative estimate of drug-likeness (QED) is 0.0425. The summed E-state index contributed by atoms with van der Waals surface area (Å²) in [5.41, 5.74) is 6.32. The van der Waals surface area contributed by atoms with E-state index in [4.69, 9.17) is 60.6 Å². The molecule has 3 aliphatic rings. The minimum atomic E-state index is -1.63. The van der Waals surface area contributed by atoms with Crippen LogP contribution in [0.4, 0.5) is 11.4 Å². The van der Waals surface area contributed by atoms with Gasteiger partial charge in [-0.1, -0.05) is 122 Å². The summed E-state index contributed by atoms with van der Waals surface area (Å²) in [6.45, 7) is 9.66. The zero-order valence-corrected chi connectivity index (χ0v) is 39.8. The van der Waals surface area contributed by atoms with E-state index < -0.39 is 11.6 Å². The lowest BCUT2D eigenvalue weighted by Gasteiger charge is -2.30. The molecule has 0 aliphatic carbocycles. The van der Waals surface area contributed by atoms with Gasteiger partial charge in [-0.3, -0.25) is 0 Å². The van der Waals surface area contributed by atoms with Gasteiger partial charge < -0.3 is 24.0 Å². The van der Waals surface area contributed by atoms with E-state index in [0.717, 1.165) is 96.8 Å². The zero-order valence-electron chi connectivity index (χ0n) is 36.7. The molecule has 64 heavy (non-hydrogen) atoms. The number of halogens is 4. The number of piperidine rings is 2. The number of unbranched alkanes of at least 4 members (excludes halogenated alkanes) is 2. The molecule has 0 saturated carbocycles. The van der Waals surface area contributed by atoms with Crippen LogP contribution in [0.2, 0.25) is 20.1 Å². The first-order valence-corrected chi connectivity index (χ1v) is 24.4. The van der Waals surface area contributed by atoms with Crippen LogP contribution in [0.3, 0.4) is 0 Å². The Hall–Kier alpha value is -4.59. The van der Waals surface area contributed by atoms with Crippen molar-refractivity contribution in [2.45, 2.75) is 83.7 Å². The predicted molar refractivity (Wildman–Crippen MR) is 266 cm³/mol. The number of anilines is 2. The van der Waals surface area contributed by atoms with Crippen molar-refractivity contribution in [1.29, 1.82) is 0 Å². The van der Waals surface area contributed by atoms with Crippen molar-refractivity contribution in [1.82, 2.24) is 0 Å². The minimum absolute atomic E-state index is 0.00725. The van der Waals surface area contributed by atoms with E-state index in [1.54, 1.807) is 0 Å². The molecule has 3 aliphatic heterocycles. The maximum absolute atomic E-state index is 14.4. The van der Waals surface area contributed by atoms with Crippen LogP contribution in [-0.2, 0) is 10.3 Å². The van der Waals surface area contributed by atoms with Gasteiger partial charge >= 0.3 is 5.97 Å². The second kappa shape index (κ2) is 21.1. The Morgan fingerprint density at radius 2 is 0.922 bits per heavy atom. The fraction of sp³-hybridized carbons (Fsp3) is 0.352. The van der Waals surface area contributed by atoms with Crippen LogP contribution in [0.15, 0.2) is 109 Å². The van der Waals surface area contributed by atoms with Crippen LogP contribution in [0.25, 0.3) is 11.1 Å². The highest BCUT2D eigenvalue weighted by molar-refractivity contribution is 6.53. The van der Waals surface area contributed by atoms with Gasteiger partial charge in [0.05, 0.1) is 38.9 Å². The van der Waals surface area contributed by atoms with Crippen LogP contribution in [0.1, 0.15) is 116 Å². The van der Waals surface area contributed by atoms with Gasteiger partial charge in [-0.15, -0.1) is 0 Å². The first-order valence-electron chi connectivity index (χ1n) is 22.9. The van der Waals surface area contributed by atoms with Gasteiger partial charge in [-0.05, 0) is 145 Å². The predicted octanol–water partition coefficient (Wildman–Crippen LogP) is 15.3. The fourth-order valence-electron chi connectivity index (χ4n) is 8.92. The highest BCUT2D eigenvalue weighted by Gasteiger charge is 2.48. The second-order valence-electron chi connectivity index (χ2n) is 16.9. The lowest BCUT2D eigenvalue weighted by Crippen LogP contribution is -2.29. The van der Waals surface area contributed by atoms with Gasteiger partial charge in [0, 0.05) is 43.1 Å². The first kappa shape index (κ1) is 46.0. The van der Waals surface area contributed by atoms with Crippen molar-refractivity contribution in [3.63, 3.8) is 0 Å². The summed E-state index contributed by atoms with van der Waals surface area (Å²) in [5.74, 6) is 0.891. The van der Waals surface area contributed by atoms with Crippen molar-refractivity contribution < 1.29 is 19.0 Å². The molecule has 5 aromatic carbocycles. The highest BCUT2D eigenvalue weighted by Crippen LogP contribution is 2.54. The number of hydrogen-bond acceptors (Lipinski definition) is 6. The molecule has 5 aromatic rings. The molecule has 0 unspecified atom stereocenters. The number of nitrogens with zero attached hydrogens (tertiary/aromatic N) is 2. The Bertz CT molecular complexity index is 2330. The van der Waals surface area contributed by atoms with Gasteiger partial charge in [0.25, 0.3) is 0 Å². The Morgan fingerprint density at radius 1 is 0.547 bits per heavy atom. The fourth-order valence-corrected chi connectivity index (χ4v) is 10.0. The lowest BCUT2D eigenvalue weighted by atomic mass is 9.83. The van der Waals surface area contributed by atoms with Crippen LogP contribution in [-0.4, -0.2) is 45.4 Å². The smallest absolute Gasteiger partial charge is 0.341 e. The number of carbonyl (C=O) groups is 1. The van der Waals surface area contributed by atoms with Crippen LogP contribution in [0.5, 0.6) is 11.5 Å². The summed E-state index contributed by atoms with van der Waals surface area (Å²) < 4.78 is 18.9. The van der Waals surface area contributed by atoms with Crippen molar-refractivity contribution >= 4 is 74.9 Å². The van der Waals surface area contributed by atoms with Crippen LogP contribution < -0.4 is 19.3 Å². The standard InChI is InChI=1S/C54H56Cl4N2O4/c1-3-5-33-62-43-25-17-39(18-26-43)45(37-13-21-41(22-14-37)59-29-9-7-10-30-59)35-54(48-47(53(61)64-54)49(55)51(57)52(58)50(48)56)36-46(40-19-27-44(28-20-40)63-34-6-4-2)38-15-23-42(24-16-38)60-31-11-8-12-32-60/h13-28,35-36H,3-12,29-34H2,1-2H3/b45-35+,46-36+. The van der Waals surface area contributed by atoms with Crippen LogP contribution >= 0.6 is 46.4 Å². The maximum atomic E-state index is 14.4. The Labute approximate surface area is 398 Å². The number of benzene rings is 5. The van der Waals surface area contributed by atoms with Gasteiger partial charge in [0.1, 0.15) is 11.5 Å². The molecule has 0 bridgehead atoms. The normalized spacial score (nSPS) is 16.4. The van der Waals surface area contributed by atoms with Crippen molar-refractivity contribution in [2.75, 3.05) is 49.2 Å². The SMILES string of the molecule is CCCCOc1ccc(/C(=C/C2(/C=C(/c3ccc(OCCCC)cc3)c3ccc(N4CCCCC4)cc3)OC(=O)c3c(Cl)c(Cl)c(Cl)c(Cl)c32)c2ccc(N3CCCCC3)cc2)cc1. The monoisotopic (exact) mass is 936 g/mol. The van der Waals surface area contributed by atoms with Crippen molar-refractivity contribution in [3.05, 3.63) is 163 Å². The number of hydrogen-bond donors (Lipinski definition) is 0. The molecule has 0 radical (unpaired) electrons. The molecule has 3 heterocycles. The van der Waals surface area contributed by atoms with Crippen molar-refractivity contribution in [3.8, 4) is 11.5 Å². The number of rotatable bonds is 16. The average molecular weight is 939 g/mol. The van der Waals surface area contributed by atoms with E-state index in [9.17, 15) is 4.79 Å². The molecule has 2 saturated heterocycles. The summed E-state index contributed by atoms with van der Waals surface area (Å²) in [5, 5.41) is 0.107. The molecule has 0 aromatic heterocycles. The van der Waals surface area contributed by atoms with E-state index in [0.29, 0.717) is 18.8 Å². The summed E-state index contributed by atoms with van der Waals surface area (Å²) in [6, 6.07) is 33.4. The number of esters is 1. The Kier molecular flexibility index (Phi) is 15.2. The largest absolute Gasteiger partial charge is 0.494 e. The van der Waals surface area contributed by atoms with Gasteiger partial charge in [0.2, 0.25) is 0 Å². The topological polar surface area (TPSA) is 51.2 Å². The van der Waals surface area contributed by atoms with Gasteiger partial charge in [0.15, 0.2) is 5.60 Å². The van der Waals surface area contributed by atoms with E-state index in [1.807, 2.05) is 60.7 Å². The average Bonchev–Trinajstić information content (AvgIpc) is 3.63. The molecule has 2 fully saturated rings. The Balaban J connectivity index is 1.36. The summed E-state index contributed by atoms with van der Waals surface area (Å²) in [6.07, 6.45) is 15.2. The highest BCUT2D eigenvalue weighted by atomic mass is 35.5. The summed E-state index contributed by atoms with van der Waals surface area (Å²) in [4.78, 5) is 19.3. The van der Waals surface area contributed by atoms with Crippen LogP contribution in [0, 0.1) is 0 Å². The van der Waals surface area contributed by atoms with E-state index in [-0.39, 0.29) is 25.7 Å². The third kappa shape index (κ3) is 10.1. The third-order valence-electron chi connectivity index (χ3n) is 12.5. The third-order valence-corrected chi connectivity index (χ3v) is 14.3. The number of ether oxygens (including phenoxy) is 3. The van der Waals surface area contributed by atoms with E-state index in [2.05, 4.69) is 72.2 Å². The maximum Gasteiger partial charge on any atom is 0.341 e. The Morgan fingerprint density at radius 3 is 1.31 bits per heavy atom. The second-order valence-corrected chi connectivity index (χ2v) is 18.5. The van der Waals surface area contributed by atoms with Crippen molar-refractivity contribution in [2.24, 2.45) is 0 Å². The number of carbonyl (C=O) groups excluding carboxylic acids is 1. The summed E-state index contributed by atoms with van der Waals surface area (Å²) in [7, 11) is 0. The first-order chi connectivity index (χ1) is 31.2. The molecular formula is C54H56Cl4N2O4. The molecule has 0 spiro atoms. The molecule has 334 valence electrons. The molecule has 0 N–H and O–H groups in total. The van der Waals surface area contributed by atoms with Gasteiger partial charge in [-0.25, -0.2) is 4.79 Å². The summed E-state index contributed by atoms with van der Waals surface area (Å²) >= 11 is 27.8. The molecule has 10 heteroatoms.